The first-order valence-electron chi connectivity index (χ1n) is 7.63. The van der Waals surface area contributed by atoms with Crippen LogP contribution in [0.15, 0.2) is 53.1 Å². The van der Waals surface area contributed by atoms with Crippen LogP contribution < -0.4 is 4.57 Å². The zero-order valence-corrected chi connectivity index (χ0v) is 13.4. The molecule has 0 aliphatic carbocycles. The van der Waals surface area contributed by atoms with Gasteiger partial charge >= 0.3 is 0 Å². The molecule has 0 spiro atoms. The van der Waals surface area contributed by atoms with Gasteiger partial charge in [-0.3, -0.25) is 0 Å². The largest absolute Gasteiger partial charge is 0.453 e. The Bertz CT molecular complexity index is 1060. The Balaban J connectivity index is 2.09. The summed E-state index contributed by atoms with van der Waals surface area (Å²) in [4.78, 5) is 0. The molecule has 0 radical (unpaired) electrons. The van der Waals surface area contributed by atoms with Crippen LogP contribution in [0.2, 0.25) is 0 Å². The fraction of sp³-hybridized carbons (Fsp3) is 0.150. The molecule has 0 fully saturated rings. The third-order valence-corrected chi connectivity index (χ3v) is 4.45. The first-order chi connectivity index (χ1) is 11.1. The van der Waals surface area contributed by atoms with Gasteiger partial charge in [-0.2, -0.15) is 0 Å². The molecule has 0 aliphatic rings. The van der Waals surface area contributed by atoms with E-state index in [1.807, 2.05) is 37.5 Å². The Labute approximate surface area is 133 Å². The van der Waals surface area contributed by atoms with Crippen LogP contribution in [-0.2, 0) is 7.05 Å². The summed E-state index contributed by atoms with van der Waals surface area (Å²) >= 11 is 0. The fourth-order valence-corrected chi connectivity index (χ4v) is 3.13. The molecular weight excluding hydrogens is 289 g/mol. The van der Waals surface area contributed by atoms with Crippen molar-refractivity contribution in [2.45, 2.75) is 13.8 Å². The van der Waals surface area contributed by atoms with E-state index in [9.17, 15) is 4.39 Å². The summed E-state index contributed by atoms with van der Waals surface area (Å²) < 4.78 is 22.2. The highest BCUT2D eigenvalue weighted by Gasteiger charge is 2.17. The van der Waals surface area contributed by atoms with Gasteiger partial charge in [0.2, 0.25) is 5.69 Å². The van der Waals surface area contributed by atoms with Crippen molar-refractivity contribution < 1.29 is 13.4 Å². The number of aryl methyl sites for hydroxylation is 3. The molecule has 2 aromatic carbocycles. The number of furan rings is 1. The molecule has 2 aromatic heterocycles. The molecule has 0 atom stereocenters. The Morgan fingerprint density at radius 2 is 1.78 bits per heavy atom. The highest BCUT2D eigenvalue weighted by molar-refractivity contribution is 6.06. The van der Waals surface area contributed by atoms with Gasteiger partial charge in [0, 0.05) is 28.5 Å². The molecule has 0 amide bonds. The lowest BCUT2D eigenvalue weighted by atomic mass is 10.0. The summed E-state index contributed by atoms with van der Waals surface area (Å²) in [5, 5.41) is 1.77. The third kappa shape index (κ3) is 2.04. The average Bonchev–Trinajstić information content (AvgIpc) is 2.89. The zero-order chi connectivity index (χ0) is 16.1. The number of hydrogen-bond donors (Lipinski definition) is 0. The minimum Gasteiger partial charge on any atom is -0.453 e. The maximum atomic E-state index is 14.3. The van der Waals surface area contributed by atoms with Crippen LogP contribution in [0, 0.1) is 19.7 Å². The fourth-order valence-electron chi connectivity index (χ4n) is 3.13. The van der Waals surface area contributed by atoms with Gasteiger partial charge in [0.15, 0.2) is 17.6 Å². The van der Waals surface area contributed by atoms with Crippen LogP contribution in [0.4, 0.5) is 4.39 Å². The molecule has 0 aliphatic heterocycles. The molecule has 2 nitrogen and oxygen atoms in total. The maximum absolute atomic E-state index is 14.3. The van der Waals surface area contributed by atoms with E-state index < -0.39 is 0 Å². The predicted octanol–water partition coefficient (Wildman–Crippen LogP) is 4.83. The monoisotopic (exact) mass is 306 g/mol. The van der Waals surface area contributed by atoms with Gasteiger partial charge in [-0.1, -0.05) is 12.1 Å². The normalized spacial score (nSPS) is 11.5. The summed E-state index contributed by atoms with van der Waals surface area (Å²) in [6.07, 6.45) is 2.02. The number of hydrogen-bond acceptors (Lipinski definition) is 1. The first-order valence-corrected chi connectivity index (χ1v) is 7.63. The minimum atomic E-state index is -0.275. The van der Waals surface area contributed by atoms with Crippen LogP contribution >= 0.6 is 0 Å². The summed E-state index contributed by atoms with van der Waals surface area (Å²) in [5.41, 5.74) is 5.02. The number of aromatic nitrogens is 1. The minimum absolute atomic E-state index is 0.275. The maximum Gasteiger partial charge on any atom is 0.212 e. The summed E-state index contributed by atoms with van der Waals surface area (Å²) in [6.45, 7) is 3.80. The summed E-state index contributed by atoms with van der Waals surface area (Å²) in [6, 6.07) is 13.9. The lowest BCUT2D eigenvalue weighted by Crippen LogP contribution is -2.30. The summed E-state index contributed by atoms with van der Waals surface area (Å²) in [7, 11) is 2.02. The van der Waals surface area contributed by atoms with Gasteiger partial charge in [-0.15, -0.1) is 0 Å². The highest BCUT2D eigenvalue weighted by atomic mass is 19.1. The molecule has 4 aromatic rings. The second kappa shape index (κ2) is 4.92. The predicted molar refractivity (Wildman–Crippen MR) is 89.8 cm³/mol. The zero-order valence-electron chi connectivity index (χ0n) is 13.4. The van der Waals surface area contributed by atoms with Crippen LogP contribution in [0.3, 0.4) is 0 Å². The number of nitrogens with zero attached hydrogens (tertiary/aromatic N) is 1. The Morgan fingerprint density at radius 3 is 2.57 bits per heavy atom. The molecule has 0 N–H and O–H groups in total. The average molecular weight is 306 g/mol. The van der Waals surface area contributed by atoms with E-state index in [-0.39, 0.29) is 5.82 Å². The highest BCUT2D eigenvalue weighted by Crippen LogP contribution is 2.35. The van der Waals surface area contributed by atoms with E-state index in [2.05, 4.69) is 23.6 Å². The van der Waals surface area contributed by atoms with Gasteiger partial charge in [0.1, 0.15) is 12.6 Å². The van der Waals surface area contributed by atoms with Gasteiger partial charge in [-0.05, 0) is 43.2 Å². The third-order valence-electron chi connectivity index (χ3n) is 4.45. The molecule has 114 valence electrons. The SMILES string of the molecule is Cc1cc2oc3c(F)c(C)ccc3c2cc1-c1cccc[n+]1C. The van der Waals surface area contributed by atoms with Crippen molar-refractivity contribution in [1.82, 2.24) is 0 Å². The van der Waals surface area contributed by atoms with E-state index >= 15 is 0 Å². The van der Waals surface area contributed by atoms with Crippen LogP contribution in [0.5, 0.6) is 0 Å². The van der Waals surface area contributed by atoms with Crippen LogP contribution in [0.1, 0.15) is 11.1 Å². The van der Waals surface area contributed by atoms with Crippen LogP contribution in [0.25, 0.3) is 33.2 Å². The lowest BCUT2D eigenvalue weighted by molar-refractivity contribution is -0.660. The van der Waals surface area contributed by atoms with Gasteiger partial charge in [-0.25, -0.2) is 8.96 Å². The molecule has 23 heavy (non-hydrogen) atoms. The summed E-state index contributed by atoms with van der Waals surface area (Å²) in [5.74, 6) is -0.275. The van der Waals surface area contributed by atoms with Crippen molar-refractivity contribution >= 4 is 21.9 Å². The van der Waals surface area contributed by atoms with Crippen molar-refractivity contribution in [2.24, 2.45) is 7.05 Å². The Morgan fingerprint density at radius 1 is 0.957 bits per heavy atom. The quantitative estimate of drug-likeness (QED) is 0.460. The van der Waals surface area contributed by atoms with Gasteiger partial charge in [0.05, 0.1) is 0 Å². The first kappa shape index (κ1) is 13.9. The van der Waals surface area contributed by atoms with E-state index in [1.54, 1.807) is 13.0 Å². The van der Waals surface area contributed by atoms with E-state index in [0.717, 1.165) is 33.2 Å². The number of benzene rings is 2. The molecule has 0 saturated heterocycles. The van der Waals surface area contributed by atoms with Crippen molar-refractivity contribution in [3.63, 3.8) is 0 Å². The number of fused-ring (bicyclic) bond motifs is 3. The van der Waals surface area contributed by atoms with Crippen LogP contribution in [-0.4, -0.2) is 0 Å². The molecule has 4 rings (SSSR count). The van der Waals surface area contributed by atoms with Crippen molar-refractivity contribution in [3.8, 4) is 11.3 Å². The second-order valence-electron chi connectivity index (χ2n) is 6.04. The molecule has 0 bridgehead atoms. The molecule has 0 saturated carbocycles. The molecule has 3 heteroatoms. The van der Waals surface area contributed by atoms with E-state index in [1.165, 1.54) is 0 Å². The number of halogens is 1. The smallest absolute Gasteiger partial charge is 0.212 e. The van der Waals surface area contributed by atoms with E-state index in [0.29, 0.717) is 11.1 Å². The second-order valence-corrected chi connectivity index (χ2v) is 6.04. The Kier molecular flexibility index (Phi) is 2.98. The van der Waals surface area contributed by atoms with Gasteiger partial charge < -0.3 is 4.42 Å². The number of pyridine rings is 1. The lowest BCUT2D eigenvalue weighted by Gasteiger charge is -2.04. The number of rotatable bonds is 1. The Hall–Kier alpha value is -2.68. The van der Waals surface area contributed by atoms with Gasteiger partial charge in [0.25, 0.3) is 0 Å². The topological polar surface area (TPSA) is 17.0 Å². The van der Waals surface area contributed by atoms with Crippen molar-refractivity contribution in [3.05, 3.63) is 65.6 Å². The standard InChI is InChI=1S/C20H17FNO/c1-12-7-8-14-16-11-15(17-6-4-5-9-22(17)3)13(2)10-18(16)23-20(14)19(12)21/h4-11H,1-3H3/q+1. The van der Waals surface area contributed by atoms with Crippen molar-refractivity contribution in [1.29, 1.82) is 0 Å². The molecule has 0 unspecified atom stereocenters. The molecular formula is C20H17FNO+. The van der Waals surface area contributed by atoms with E-state index in [4.69, 9.17) is 4.42 Å². The van der Waals surface area contributed by atoms with Crippen molar-refractivity contribution in [2.75, 3.05) is 0 Å². The molecule has 2 heterocycles.